The summed E-state index contributed by atoms with van der Waals surface area (Å²) < 4.78 is 5.57. The largest absolute Gasteiger partial charge is 0.480 e. The van der Waals surface area contributed by atoms with Crippen LogP contribution < -0.4 is 10.6 Å². The zero-order chi connectivity index (χ0) is 24.7. The zero-order valence-corrected chi connectivity index (χ0v) is 20.0. The number of aliphatic carboxylic acids is 1. The van der Waals surface area contributed by atoms with Crippen LogP contribution in [0.5, 0.6) is 0 Å². The summed E-state index contributed by atoms with van der Waals surface area (Å²) in [5.74, 6) is -1.55. The molecule has 0 bridgehead atoms. The molecule has 0 radical (unpaired) electrons. The summed E-state index contributed by atoms with van der Waals surface area (Å²) in [5.41, 5.74) is 4.48. The lowest BCUT2D eigenvalue weighted by Gasteiger charge is -2.23. The molecule has 3 N–H and O–H groups in total. The molecule has 34 heavy (non-hydrogen) atoms. The number of fused-ring (bicyclic) bond motifs is 3. The van der Waals surface area contributed by atoms with Gasteiger partial charge in [-0.1, -0.05) is 82.1 Å². The maximum Gasteiger partial charge on any atom is 0.407 e. The van der Waals surface area contributed by atoms with Crippen LogP contribution in [-0.4, -0.2) is 41.8 Å². The van der Waals surface area contributed by atoms with E-state index in [4.69, 9.17) is 4.74 Å². The molecule has 2 aromatic carbocycles. The number of ether oxygens (including phenoxy) is 1. The lowest BCUT2D eigenvalue weighted by molar-refractivity contribution is -0.142. The third-order valence-electron chi connectivity index (χ3n) is 6.12. The van der Waals surface area contributed by atoms with Crippen LogP contribution in [-0.2, 0) is 14.3 Å². The Morgan fingerprint density at radius 3 is 2.06 bits per heavy atom. The standard InChI is InChI=1S/C27H34N2O5/c1-4-5-14-23(26(31)32)28-25(30)24(15-17(2)3)29-27(33)34-16-22-20-12-8-6-10-18(20)19-11-7-9-13-21(19)22/h6-13,17,22-24H,4-5,14-16H2,1-3H3,(H,28,30)(H,29,33)(H,31,32)/t23-,24+/m0/s1. The smallest absolute Gasteiger partial charge is 0.407 e. The number of benzene rings is 2. The first-order valence-corrected chi connectivity index (χ1v) is 12.0. The molecule has 7 heteroatoms. The number of carbonyl (C=O) groups is 3. The van der Waals surface area contributed by atoms with E-state index in [0.29, 0.717) is 19.3 Å². The number of unbranched alkanes of at least 4 members (excludes halogenated alkanes) is 1. The van der Waals surface area contributed by atoms with E-state index in [0.717, 1.165) is 28.7 Å². The van der Waals surface area contributed by atoms with Gasteiger partial charge < -0.3 is 20.5 Å². The second-order valence-electron chi connectivity index (χ2n) is 9.19. The van der Waals surface area contributed by atoms with E-state index in [1.807, 2.05) is 57.2 Å². The summed E-state index contributed by atoms with van der Waals surface area (Å²) in [6, 6.07) is 14.3. The second kappa shape index (κ2) is 11.7. The topological polar surface area (TPSA) is 105 Å². The van der Waals surface area contributed by atoms with Gasteiger partial charge in [0.1, 0.15) is 18.7 Å². The number of hydrogen-bond donors (Lipinski definition) is 3. The van der Waals surface area contributed by atoms with E-state index in [9.17, 15) is 19.5 Å². The van der Waals surface area contributed by atoms with Crippen LogP contribution >= 0.6 is 0 Å². The van der Waals surface area contributed by atoms with Crippen LogP contribution in [0.2, 0.25) is 0 Å². The van der Waals surface area contributed by atoms with Gasteiger partial charge in [-0.25, -0.2) is 9.59 Å². The summed E-state index contributed by atoms with van der Waals surface area (Å²) in [6.45, 7) is 5.97. The van der Waals surface area contributed by atoms with Crippen molar-refractivity contribution in [3.63, 3.8) is 0 Å². The summed E-state index contributed by atoms with van der Waals surface area (Å²) in [5, 5.41) is 14.7. The van der Waals surface area contributed by atoms with E-state index in [1.54, 1.807) is 0 Å². The molecule has 2 amide bonds. The number of rotatable bonds is 11. The molecule has 1 aliphatic rings. The maximum absolute atomic E-state index is 12.8. The Morgan fingerprint density at radius 1 is 0.941 bits per heavy atom. The molecule has 0 unspecified atom stereocenters. The predicted octanol–water partition coefficient (Wildman–Crippen LogP) is 4.70. The lowest BCUT2D eigenvalue weighted by Crippen LogP contribution is -2.52. The number of alkyl carbamates (subject to hydrolysis) is 1. The molecule has 2 atom stereocenters. The maximum atomic E-state index is 12.8. The summed E-state index contributed by atoms with van der Waals surface area (Å²) in [4.78, 5) is 37.0. The Bertz CT molecular complexity index is 974. The normalized spacial score (nSPS) is 14.1. The van der Waals surface area contributed by atoms with E-state index in [-0.39, 0.29) is 18.4 Å². The number of carboxylic acids is 1. The van der Waals surface area contributed by atoms with E-state index >= 15 is 0 Å². The summed E-state index contributed by atoms with van der Waals surface area (Å²) >= 11 is 0. The van der Waals surface area contributed by atoms with Crippen molar-refractivity contribution in [1.82, 2.24) is 10.6 Å². The minimum absolute atomic E-state index is 0.0824. The van der Waals surface area contributed by atoms with Crippen LogP contribution in [0.15, 0.2) is 48.5 Å². The van der Waals surface area contributed by atoms with Gasteiger partial charge in [-0.2, -0.15) is 0 Å². The third-order valence-corrected chi connectivity index (χ3v) is 6.12. The molecule has 0 saturated heterocycles. The van der Waals surface area contributed by atoms with Crippen LogP contribution in [0.4, 0.5) is 4.79 Å². The third kappa shape index (κ3) is 6.16. The van der Waals surface area contributed by atoms with Crippen molar-refractivity contribution in [3.8, 4) is 11.1 Å². The predicted molar refractivity (Wildman–Crippen MR) is 131 cm³/mol. The molecule has 0 saturated carbocycles. The molecule has 0 fully saturated rings. The van der Waals surface area contributed by atoms with Crippen LogP contribution in [0, 0.1) is 5.92 Å². The average Bonchev–Trinajstić information content (AvgIpc) is 3.13. The highest BCUT2D eigenvalue weighted by molar-refractivity contribution is 5.89. The van der Waals surface area contributed by atoms with E-state index in [1.165, 1.54) is 0 Å². The molecule has 3 rings (SSSR count). The monoisotopic (exact) mass is 466 g/mol. The Balaban J connectivity index is 1.65. The number of carboxylic acid groups (broad SMARTS) is 1. The number of hydrogen-bond acceptors (Lipinski definition) is 4. The average molecular weight is 467 g/mol. The van der Waals surface area contributed by atoms with Crippen molar-refractivity contribution in [1.29, 1.82) is 0 Å². The van der Waals surface area contributed by atoms with Crippen LogP contribution in [0.25, 0.3) is 11.1 Å². The van der Waals surface area contributed by atoms with Gasteiger partial charge in [0.2, 0.25) is 5.91 Å². The van der Waals surface area contributed by atoms with Gasteiger partial charge in [0, 0.05) is 5.92 Å². The van der Waals surface area contributed by atoms with E-state index < -0.39 is 30.1 Å². The van der Waals surface area contributed by atoms with Gasteiger partial charge in [-0.3, -0.25) is 4.79 Å². The minimum Gasteiger partial charge on any atom is -0.480 e. The molecule has 1 aliphatic carbocycles. The molecule has 7 nitrogen and oxygen atoms in total. The summed E-state index contributed by atoms with van der Waals surface area (Å²) in [6.07, 6.45) is 1.54. The van der Waals surface area contributed by atoms with Gasteiger partial charge in [-0.05, 0) is 41.0 Å². The Labute approximate surface area is 200 Å². The van der Waals surface area contributed by atoms with Crippen molar-refractivity contribution < 1.29 is 24.2 Å². The van der Waals surface area contributed by atoms with Crippen molar-refractivity contribution in [3.05, 3.63) is 59.7 Å². The SMILES string of the molecule is CCCC[C@H](NC(=O)[C@@H](CC(C)C)NC(=O)OCC1c2ccccc2-c2ccccc21)C(=O)O. The first-order valence-electron chi connectivity index (χ1n) is 12.0. The molecular weight excluding hydrogens is 432 g/mol. The van der Waals surface area contributed by atoms with Gasteiger partial charge in [0.05, 0.1) is 0 Å². The Morgan fingerprint density at radius 2 is 1.53 bits per heavy atom. The highest BCUT2D eigenvalue weighted by atomic mass is 16.5. The van der Waals surface area contributed by atoms with Crippen LogP contribution in [0.3, 0.4) is 0 Å². The zero-order valence-electron chi connectivity index (χ0n) is 20.0. The van der Waals surface area contributed by atoms with Gasteiger partial charge >= 0.3 is 12.1 Å². The highest BCUT2D eigenvalue weighted by Crippen LogP contribution is 2.44. The molecular formula is C27H34N2O5. The molecule has 0 spiro atoms. The van der Waals surface area contributed by atoms with Gasteiger partial charge in [0.15, 0.2) is 0 Å². The highest BCUT2D eigenvalue weighted by Gasteiger charge is 2.31. The van der Waals surface area contributed by atoms with Crippen LogP contribution in [0.1, 0.15) is 63.5 Å². The van der Waals surface area contributed by atoms with Crippen molar-refractivity contribution in [2.24, 2.45) is 5.92 Å². The fraction of sp³-hybridized carbons (Fsp3) is 0.444. The molecule has 0 aromatic heterocycles. The van der Waals surface area contributed by atoms with Crippen molar-refractivity contribution >= 4 is 18.0 Å². The number of carbonyl (C=O) groups excluding carboxylic acids is 2. The molecule has 182 valence electrons. The molecule has 2 aromatic rings. The Kier molecular flexibility index (Phi) is 8.68. The minimum atomic E-state index is -1.08. The van der Waals surface area contributed by atoms with Gasteiger partial charge in [-0.15, -0.1) is 0 Å². The number of nitrogens with one attached hydrogen (secondary N) is 2. The molecule has 0 heterocycles. The Hall–Kier alpha value is -3.35. The number of amides is 2. The second-order valence-corrected chi connectivity index (χ2v) is 9.19. The van der Waals surface area contributed by atoms with Crippen molar-refractivity contribution in [2.75, 3.05) is 6.61 Å². The quantitative estimate of drug-likeness (QED) is 0.445. The lowest BCUT2D eigenvalue weighted by atomic mass is 9.98. The fourth-order valence-electron chi connectivity index (χ4n) is 4.42. The first-order chi connectivity index (χ1) is 16.3. The van der Waals surface area contributed by atoms with Crippen molar-refractivity contribution in [2.45, 2.75) is 64.5 Å². The van der Waals surface area contributed by atoms with Gasteiger partial charge in [0.25, 0.3) is 0 Å². The fourth-order valence-corrected chi connectivity index (χ4v) is 4.42. The van der Waals surface area contributed by atoms with E-state index in [2.05, 4.69) is 22.8 Å². The molecule has 0 aliphatic heterocycles. The summed E-state index contributed by atoms with van der Waals surface area (Å²) in [7, 11) is 0. The first kappa shape index (κ1) is 25.3.